The van der Waals surface area contributed by atoms with Crippen LogP contribution in [0, 0.1) is 28.7 Å². The SMILES string of the molecule is CC(C)c1ccc(-c2[c-]c3ccccc3s2)nc1.CCC1(CC)CCC2CC(CC)(CC)C(O)C2C1O.[Ir]. The van der Waals surface area contributed by atoms with Gasteiger partial charge in [-0.3, -0.25) is 0 Å². The van der Waals surface area contributed by atoms with Crippen LogP contribution in [0.5, 0.6) is 0 Å². The van der Waals surface area contributed by atoms with E-state index in [2.05, 4.69) is 82.9 Å². The average Bonchev–Trinajstić information content (AvgIpc) is 3.49. The van der Waals surface area contributed by atoms with E-state index in [-0.39, 0.29) is 49.1 Å². The van der Waals surface area contributed by atoms with Crippen LogP contribution in [0.25, 0.3) is 20.7 Å². The Morgan fingerprint density at radius 2 is 1.58 bits per heavy atom. The number of benzene rings is 1. The number of pyridine rings is 1. The van der Waals surface area contributed by atoms with Crippen molar-refractivity contribution < 1.29 is 30.3 Å². The van der Waals surface area contributed by atoms with Crippen molar-refractivity contribution in [2.45, 2.75) is 105 Å². The Morgan fingerprint density at radius 1 is 0.947 bits per heavy atom. The Balaban J connectivity index is 0.000000205. The molecule has 0 saturated heterocycles. The number of rotatable bonds is 6. The molecule has 2 aliphatic rings. The van der Waals surface area contributed by atoms with E-state index in [1.165, 1.54) is 22.1 Å². The average molecular weight is 713 g/mol. The first-order valence-electron chi connectivity index (χ1n) is 14.5. The molecule has 4 unspecified atom stereocenters. The summed E-state index contributed by atoms with van der Waals surface area (Å²) in [7, 11) is 0. The minimum Gasteiger partial charge on any atom is -0.392 e. The molecule has 2 fully saturated rings. The Hall–Kier alpha value is -1.10. The molecule has 0 aliphatic heterocycles. The van der Waals surface area contributed by atoms with Gasteiger partial charge in [-0.2, -0.15) is 0 Å². The number of hydrogen-bond acceptors (Lipinski definition) is 4. The van der Waals surface area contributed by atoms with Crippen LogP contribution in [0.3, 0.4) is 0 Å². The van der Waals surface area contributed by atoms with Gasteiger partial charge in [-0.1, -0.05) is 65.8 Å². The minimum absolute atomic E-state index is 0. The summed E-state index contributed by atoms with van der Waals surface area (Å²) in [6, 6.07) is 16.0. The van der Waals surface area contributed by atoms with Gasteiger partial charge >= 0.3 is 0 Å². The molecule has 38 heavy (non-hydrogen) atoms. The maximum absolute atomic E-state index is 10.9. The molecule has 1 aromatic carbocycles. The monoisotopic (exact) mass is 713 g/mol. The Bertz CT molecular complexity index is 1110. The largest absolute Gasteiger partial charge is 0.392 e. The van der Waals surface area contributed by atoms with Crippen molar-refractivity contribution in [3.8, 4) is 10.6 Å². The van der Waals surface area contributed by atoms with Gasteiger partial charge < -0.3 is 15.2 Å². The predicted octanol–water partition coefficient (Wildman–Crippen LogP) is 8.64. The summed E-state index contributed by atoms with van der Waals surface area (Å²) >= 11 is 1.75. The van der Waals surface area contributed by atoms with E-state index in [1.54, 1.807) is 11.3 Å². The van der Waals surface area contributed by atoms with Crippen molar-refractivity contribution in [1.82, 2.24) is 4.98 Å². The molecule has 5 heteroatoms. The third-order valence-corrected chi connectivity index (χ3v) is 11.2. The number of nitrogens with zero attached hydrogens (tertiary/aromatic N) is 1. The molecule has 2 aromatic heterocycles. The molecule has 1 radical (unpaired) electrons. The standard InChI is InChI=1S/C17H32O2.C16H14NS.Ir/c1-5-16(6-2)10-9-12-11-17(7-3,8-4)15(19)13(12)14(16)18;1-11(2)13-7-8-14(17-10-13)16-9-12-5-3-4-6-15(12)18-16;/h12-15,18-19H,5-11H2,1-4H3;3-8,10-11H,1-2H3;/q;-1;. The second-order valence-corrected chi connectivity index (χ2v) is 12.8. The zero-order chi connectivity index (χ0) is 26.8. The topological polar surface area (TPSA) is 53.4 Å². The second kappa shape index (κ2) is 13.0. The number of hydrogen-bond donors (Lipinski definition) is 2. The Morgan fingerprint density at radius 3 is 2.13 bits per heavy atom. The van der Waals surface area contributed by atoms with E-state index in [0.717, 1.165) is 49.1 Å². The van der Waals surface area contributed by atoms with Crippen LogP contribution in [0.4, 0.5) is 0 Å². The van der Waals surface area contributed by atoms with Crippen molar-refractivity contribution in [3.05, 3.63) is 54.2 Å². The van der Waals surface area contributed by atoms with E-state index in [0.29, 0.717) is 11.8 Å². The number of fused-ring (bicyclic) bond motifs is 2. The molecule has 4 atom stereocenters. The van der Waals surface area contributed by atoms with Gasteiger partial charge in [0.15, 0.2) is 0 Å². The molecule has 3 aromatic rings. The molecule has 0 spiro atoms. The summed E-state index contributed by atoms with van der Waals surface area (Å²) < 4.78 is 1.27. The van der Waals surface area contributed by atoms with E-state index in [9.17, 15) is 10.2 Å². The van der Waals surface area contributed by atoms with Crippen LogP contribution in [0.2, 0.25) is 0 Å². The molecule has 0 bridgehead atoms. The maximum Gasteiger partial charge on any atom is 0.0651 e. The number of aliphatic hydroxyl groups is 2. The van der Waals surface area contributed by atoms with Crippen LogP contribution in [0.15, 0.2) is 42.6 Å². The van der Waals surface area contributed by atoms with Crippen LogP contribution < -0.4 is 0 Å². The first-order valence-corrected chi connectivity index (χ1v) is 15.3. The van der Waals surface area contributed by atoms with E-state index < -0.39 is 0 Å². The summed E-state index contributed by atoms with van der Waals surface area (Å²) in [5.41, 5.74) is 2.41. The van der Waals surface area contributed by atoms with Crippen molar-refractivity contribution in [2.24, 2.45) is 22.7 Å². The van der Waals surface area contributed by atoms with Crippen molar-refractivity contribution >= 4 is 21.4 Å². The Labute approximate surface area is 247 Å². The molecule has 211 valence electrons. The molecule has 3 nitrogen and oxygen atoms in total. The number of aromatic nitrogens is 1. The molecule has 2 heterocycles. The molecule has 2 saturated carbocycles. The van der Waals surface area contributed by atoms with Gasteiger partial charge in [-0.25, -0.2) is 11.3 Å². The van der Waals surface area contributed by atoms with Crippen LogP contribution in [0.1, 0.15) is 98.0 Å². The molecule has 2 N–H and O–H groups in total. The normalized spacial score (nSPS) is 25.4. The first kappa shape index (κ1) is 31.4. The van der Waals surface area contributed by atoms with E-state index in [1.807, 2.05) is 12.3 Å². The quantitative estimate of drug-likeness (QED) is 0.252. The fourth-order valence-corrected chi connectivity index (χ4v) is 8.07. The van der Waals surface area contributed by atoms with Gasteiger partial charge in [0.25, 0.3) is 0 Å². The number of aliphatic hydroxyl groups excluding tert-OH is 2. The van der Waals surface area contributed by atoms with Gasteiger partial charge in [0, 0.05) is 37.9 Å². The van der Waals surface area contributed by atoms with Crippen molar-refractivity contribution in [2.75, 3.05) is 0 Å². The first-order chi connectivity index (χ1) is 17.7. The third-order valence-electron chi connectivity index (χ3n) is 10.1. The maximum atomic E-state index is 10.9. The molecular formula is C33H46IrNO2S-. The van der Waals surface area contributed by atoms with E-state index >= 15 is 0 Å². The molecular weight excluding hydrogens is 667 g/mol. The van der Waals surface area contributed by atoms with Crippen LogP contribution in [-0.4, -0.2) is 27.4 Å². The molecule has 2 aliphatic carbocycles. The number of thiophene rings is 1. The fourth-order valence-electron chi connectivity index (χ4n) is 7.09. The van der Waals surface area contributed by atoms with Gasteiger partial charge in [0.2, 0.25) is 0 Å². The summed E-state index contributed by atoms with van der Waals surface area (Å²) in [5.74, 6) is 1.18. The van der Waals surface area contributed by atoms with Gasteiger partial charge in [0.05, 0.1) is 12.2 Å². The zero-order valence-electron chi connectivity index (χ0n) is 24.0. The fraction of sp³-hybridized carbons (Fsp3) is 0.606. The summed E-state index contributed by atoms with van der Waals surface area (Å²) in [6.07, 6.45) is 8.95. The third kappa shape index (κ3) is 5.84. The van der Waals surface area contributed by atoms with E-state index in [4.69, 9.17) is 0 Å². The summed E-state index contributed by atoms with van der Waals surface area (Å²) in [5, 5.41) is 23.0. The smallest absolute Gasteiger partial charge is 0.0651 e. The molecule has 5 rings (SSSR count). The van der Waals surface area contributed by atoms with Crippen LogP contribution >= 0.6 is 11.3 Å². The molecule has 0 amide bonds. The minimum atomic E-state index is -0.309. The zero-order valence-corrected chi connectivity index (χ0v) is 27.2. The summed E-state index contributed by atoms with van der Waals surface area (Å²) in [4.78, 5) is 5.66. The summed E-state index contributed by atoms with van der Waals surface area (Å²) in [6.45, 7) is 13.2. The van der Waals surface area contributed by atoms with Gasteiger partial charge in [-0.15, -0.1) is 23.6 Å². The van der Waals surface area contributed by atoms with Crippen LogP contribution in [-0.2, 0) is 20.1 Å². The van der Waals surface area contributed by atoms with Crippen molar-refractivity contribution in [1.29, 1.82) is 0 Å². The van der Waals surface area contributed by atoms with Crippen molar-refractivity contribution in [3.63, 3.8) is 0 Å². The van der Waals surface area contributed by atoms with Gasteiger partial charge in [0.1, 0.15) is 0 Å². The Kier molecular flexibility index (Phi) is 10.8. The van der Waals surface area contributed by atoms with Gasteiger partial charge in [-0.05, 0) is 82.8 Å². The predicted molar refractivity (Wildman–Crippen MR) is 157 cm³/mol. The second-order valence-electron chi connectivity index (χ2n) is 11.8.